The Morgan fingerprint density at radius 2 is 1.84 bits per heavy atom. The van der Waals surface area contributed by atoms with E-state index < -0.39 is 37.7 Å². The Morgan fingerprint density at radius 3 is 2.45 bits per heavy atom. The summed E-state index contributed by atoms with van der Waals surface area (Å²) in [6, 6.07) is 8.98. The van der Waals surface area contributed by atoms with Gasteiger partial charge in [-0.1, -0.05) is 18.2 Å². The third kappa shape index (κ3) is 6.56. The van der Waals surface area contributed by atoms with Crippen LogP contribution in [0.15, 0.2) is 47.4 Å². The SMILES string of the molecule is COCCNCc1ccc(-c2ccc3c(=O)n(CC[C@](C)(C(=O)NO)S(C)(=O)=O)cc(F)c3c2)c(F)c1.Cl. The Hall–Kier alpha value is -2.90. The molecule has 0 bridgehead atoms. The summed E-state index contributed by atoms with van der Waals surface area (Å²) in [7, 11) is -2.40. The number of hydroxylamine groups is 1. The van der Waals surface area contributed by atoms with Crippen LogP contribution in [0.2, 0.25) is 0 Å². The highest BCUT2D eigenvalue weighted by Gasteiger charge is 2.43. The molecule has 0 saturated heterocycles. The summed E-state index contributed by atoms with van der Waals surface area (Å²) in [5, 5.41) is 12.1. The Labute approximate surface area is 225 Å². The van der Waals surface area contributed by atoms with Gasteiger partial charge in [-0.3, -0.25) is 14.8 Å². The van der Waals surface area contributed by atoms with Gasteiger partial charge in [0.1, 0.15) is 11.6 Å². The molecule has 0 aliphatic rings. The van der Waals surface area contributed by atoms with Gasteiger partial charge in [-0.25, -0.2) is 22.7 Å². The highest BCUT2D eigenvalue weighted by molar-refractivity contribution is 7.92. The monoisotopic (exact) mass is 573 g/mol. The lowest BCUT2D eigenvalue weighted by Crippen LogP contribution is -2.50. The van der Waals surface area contributed by atoms with Gasteiger partial charge in [-0.05, 0) is 42.7 Å². The van der Waals surface area contributed by atoms with Gasteiger partial charge in [0.25, 0.3) is 11.5 Å². The maximum atomic E-state index is 15.1. The first-order valence-corrected chi connectivity index (χ1v) is 13.3. The number of amides is 1. The molecule has 2 aromatic carbocycles. The molecule has 3 N–H and O–H groups in total. The molecule has 0 radical (unpaired) electrons. The minimum Gasteiger partial charge on any atom is -0.383 e. The Balaban J connectivity index is 0.00000507. The number of rotatable bonds is 11. The van der Waals surface area contributed by atoms with Crippen molar-refractivity contribution in [3.8, 4) is 11.1 Å². The summed E-state index contributed by atoms with van der Waals surface area (Å²) in [6.45, 7) is 2.39. The van der Waals surface area contributed by atoms with Crippen molar-refractivity contribution in [3.05, 3.63) is 70.1 Å². The second-order valence-electron chi connectivity index (χ2n) is 8.91. The number of hydrogen-bond acceptors (Lipinski definition) is 7. The molecule has 1 aromatic heterocycles. The first-order chi connectivity index (χ1) is 17.4. The number of hydrogen-bond donors (Lipinski definition) is 3. The smallest absolute Gasteiger partial charge is 0.264 e. The standard InChI is InChI=1S/C25H29F2N3O6S.ClH/c1-25(24(32)29-33,37(3,34)35)8-10-30-15-22(27)20-13-17(5-7-19(20)23(30)31)18-6-4-16(12-21(18)26)14-28-9-11-36-2;/h4-7,12-13,15,28,33H,8-11,14H2,1-3H3,(H,29,32);1H/t25-;/m1./s1. The number of nitrogens with zero attached hydrogens (tertiary/aromatic N) is 1. The van der Waals surface area contributed by atoms with E-state index in [9.17, 15) is 22.4 Å². The summed E-state index contributed by atoms with van der Waals surface area (Å²) in [5.74, 6) is -2.43. The molecule has 13 heteroatoms. The van der Waals surface area contributed by atoms with Crippen LogP contribution in [-0.4, -0.2) is 55.4 Å². The van der Waals surface area contributed by atoms with Crippen LogP contribution in [0.4, 0.5) is 8.78 Å². The van der Waals surface area contributed by atoms with E-state index >= 15 is 4.39 Å². The van der Waals surface area contributed by atoms with Gasteiger partial charge < -0.3 is 14.6 Å². The number of halogens is 3. The molecule has 0 spiro atoms. The molecule has 0 fully saturated rings. The Kier molecular flexibility index (Phi) is 10.5. The van der Waals surface area contributed by atoms with Gasteiger partial charge in [-0.15, -0.1) is 12.4 Å². The third-order valence-electron chi connectivity index (χ3n) is 6.42. The van der Waals surface area contributed by atoms with E-state index in [0.717, 1.165) is 29.5 Å². The second kappa shape index (κ2) is 12.8. The van der Waals surface area contributed by atoms with E-state index in [1.54, 1.807) is 19.2 Å². The zero-order chi connectivity index (χ0) is 27.4. The van der Waals surface area contributed by atoms with Gasteiger partial charge in [-0.2, -0.15) is 0 Å². The second-order valence-corrected chi connectivity index (χ2v) is 11.4. The Morgan fingerprint density at radius 1 is 1.13 bits per heavy atom. The maximum Gasteiger partial charge on any atom is 0.264 e. The lowest BCUT2D eigenvalue weighted by atomic mass is 10.00. The fraction of sp³-hybridized carbons (Fsp3) is 0.360. The van der Waals surface area contributed by atoms with Gasteiger partial charge in [0.2, 0.25) is 0 Å². The topological polar surface area (TPSA) is 127 Å². The molecule has 9 nitrogen and oxygen atoms in total. The van der Waals surface area contributed by atoms with Crippen molar-refractivity contribution in [2.24, 2.45) is 0 Å². The predicted molar refractivity (Wildman–Crippen MR) is 142 cm³/mol. The lowest BCUT2D eigenvalue weighted by molar-refractivity contribution is -0.131. The summed E-state index contributed by atoms with van der Waals surface area (Å²) in [4.78, 5) is 25.0. The van der Waals surface area contributed by atoms with Crippen LogP contribution < -0.4 is 16.4 Å². The molecule has 1 amide bonds. The molecule has 1 atom stereocenters. The number of benzene rings is 2. The lowest BCUT2D eigenvalue weighted by Gasteiger charge is -2.25. The number of methoxy groups -OCH3 is 1. The van der Waals surface area contributed by atoms with Gasteiger partial charge >= 0.3 is 0 Å². The molecule has 208 valence electrons. The highest BCUT2D eigenvalue weighted by atomic mass is 35.5. The highest BCUT2D eigenvalue weighted by Crippen LogP contribution is 2.28. The van der Waals surface area contributed by atoms with Gasteiger partial charge in [0, 0.05) is 50.1 Å². The molecule has 0 aliphatic carbocycles. The fourth-order valence-corrected chi connectivity index (χ4v) is 4.76. The summed E-state index contributed by atoms with van der Waals surface area (Å²) in [5.41, 5.74) is 2.06. The molecule has 3 rings (SSSR count). The Bertz CT molecular complexity index is 1480. The average molecular weight is 574 g/mol. The zero-order valence-electron chi connectivity index (χ0n) is 21.1. The predicted octanol–water partition coefficient (Wildman–Crippen LogP) is 2.80. The number of carbonyl (C=O) groups is 1. The number of nitrogens with one attached hydrogen (secondary N) is 2. The quantitative estimate of drug-likeness (QED) is 0.183. The van der Waals surface area contributed by atoms with Crippen molar-refractivity contribution in [3.63, 3.8) is 0 Å². The largest absolute Gasteiger partial charge is 0.383 e. The number of ether oxygens (including phenoxy) is 1. The summed E-state index contributed by atoms with van der Waals surface area (Å²) in [6.07, 6.45) is 1.36. The maximum absolute atomic E-state index is 15.1. The van der Waals surface area contributed by atoms with Crippen LogP contribution in [0.3, 0.4) is 0 Å². The van der Waals surface area contributed by atoms with Crippen LogP contribution in [0, 0.1) is 11.6 Å². The van der Waals surface area contributed by atoms with E-state index in [0.29, 0.717) is 25.3 Å². The van der Waals surface area contributed by atoms with Crippen molar-refractivity contribution >= 4 is 38.9 Å². The van der Waals surface area contributed by atoms with Crippen LogP contribution in [0.25, 0.3) is 21.9 Å². The molecule has 1 heterocycles. The van der Waals surface area contributed by atoms with E-state index in [2.05, 4.69) is 5.32 Å². The average Bonchev–Trinajstić information content (AvgIpc) is 2.86. The van der Waals surface area contributed by atoms with Crippen LogP contribution >= 0.6 is 12.4 Å². The van der Waals surface area contributed by atoms with Crippen molar-refractivity contribution in [2.45, 2.75) is 31.2 Å². The van der Waals surface area contributed by atoms with Crippen molar-refractivity contribution < 1.29 is 31.9 Å². The summed E-state index contributed by atoms with van der Waals surface area (Å²) < 4.78 is 58.1. The van der Waals surface area contributed by atoms with Crippen molar-refractivity contribution in [1.29, 1.82) is 0 Å². The number of aromatic nitrogens is 1. The minimum absolute atomic E-state index is 0. The molecule has 0 aliphatic heterocycles. The van der Waals surface area contributed by atoms with Crippen molar-refractivity contribution in [1.82, 2.24) is 15.4 Å². The molecule has 3 aromatic rings. The van der Waals surface area contributed by atoms with Crippen molar-refractivity contribution in [2.75, 3.05) is 26.5 Å². The van der Waals surface area contributed by atoms with Gasteiger partial charge in [0.05, 0.1) is 12.0 Å². The normalized spacial score (nSPS) is 13.1. The van der Waals surface area contributed by atoms with E-state index in [4.69, 9.17) is 9.94 Å². The fourth-order valence-electron chi connectivity index (χ4n) is 3.91. The van der Waals surface area contributed by atoms with E-state index in [-0.39, 0.29) is 41.7 Å². The third-order valence-corrected chi connectivity index (χ3v) is 8.45. The first-order valence-electron chi connectivity index (χ1n) is 11.4. The van der Waals surface area contributed by atoms with Crippen LogP contribution in [0.5, 0.6) is 0 Å². The summed E-state index contributed by atoms with van der Waals surface area (Å²) >= 11 is 0. The van der Waals surface area contributed by atoms with Gasteiger partial charge in [0.15, 0.2) is 14.6 Å². The number of fused-ring (bicyclic) bond motifs is 1. The minimum atomic E-state index is -3.99. The first kappa shape index (κ1) is 31.3. The molecule has 0 saturated carbocycles. The molecular weight excluding hydrogens is 544 g/mol. The number of pyridine rings is 1. The number of aryl methyl sites for hydroxylation is 1. The number of carbonyl (C=O) groups excluding carboxylic acids is 1. The number of sulfone groups is 1. The van der Waals surface area contributed by atoms with Crippen LogP contribution in [0.1, 0.15) is 18.9 Å². The van der Waals surface area contributed by atoms with Crippen LogP contribution in [-0.2, 0) is 32.5 Å². The zero-order valence-corrected chi connectivity index (χ0v) is 22.7. The molecule has 0 unspecified atom stereocenters. The molecular formula is C25H30ClF2N3O6S. The molecule has 38 heavy (non-hydrogen) atoms. The van der Waals surface area contributed by atoms with E-state index in [1.807, 2.05) is 0 Å². The van der Waals surface area contributed by atoms with E-state index in [1.165, 1.54) is 29.7 Å².